The van der Waals surface area contributed by atoms with E-state index in [1.807, 2.05) is 13.0 Å². The number of aromatic amines is 1. The second-order valence-electron chi connectivity index (χ2n) is 9.73. The third kappa shape index (κ3) is 7.04. The maximum atomic E-state index is 12.2. The lowest BCUT2D eigenvalue weighted by Crippen LogP contribution is -2.37. The lowest BCUT2D eigenvalue weighted by Gasteiger charge is -2.33. The zero-order valence-electron chi connectivity index (χ0n) is 22.7. The van der Waals surface area contributed by atoms with E-state index in [0.29, 0.717) is 27.4 Å². The molecule has 10 nitrogen and oxygen atoms in total. The number of sulfone groups is 1. The second kappa shape index (κ2) is 12.5. The Kier molecular flexibility index (Phi) is 9.29. The van der Waals surface area contributed by atoms with Gasteiger partial charge < -0.3 is 19.9 Å². The number of aromatic nitrogens is 4. The van der Waals surface area contributed by atoms with Gasteiger partial charge in [0.1, 0.15) is 0 Å². The molecule has 0 radical (unpaired) electrons. The fourth-order valence-electron chi connectivity index (χ4n) is 4.42. The molecule has 12 heteroatoms. The summed E-state index contributed by atoms with van der Waals surface area (Å²) in [6.45, 7) is 7.68. The standard InChI is InChI=1S/C26H37N7O3S2/c1-6-38(34,35)21-9-7-20(8-10-21)37-26-28-23(19-11-13-33(14-12-19)16-15-32(3)4)24(36-5)25(29-26)27-22-17-18(2)30-31-22/h7-10,17,19H,6,11-16H2,1-5H3,(H2,27,28,29,30,31). The van der Waals surface area contributed by atoms with Gasteiger partial charge in [-0.25, -0.2) is 18.4 Å². The Bertz CT molecular complexity index is 1320. The lowest BCUT2D eigenvalue weighted by molar-refractivity contribution is 0.191. The molecule has 0 saturated carbocycles. The molecule has 4 rings (SSSR count). The van der Waals surface area contributed by atoms with Crippen LogP contribution in [-0.2, 0) is 9.84 Å². The van der Waals surface area contributed by atoms with Crippen LogP contribution < -0.4 is 10.1 Å². The van der Waals surface area contributed by atoms with E-state index in [-0.39, 0.29) is 11.7 Å². The van der Waals surface area contributed by atoms with Crippen LogP contribution in [0.2, 0.25) is 0 Å². The summed E-state index contributed by atoms with van der Waals surface area (Å²) in [4.78, 5) is 15.6. The molecule has 3 aromatic rings. The van der Waals surface area contributed by atoms with E-state index >= 15 is 0 Å². The molecule has 1 aromatic carbocycles. The molecule has 1 saturated heterocycles. The van der Waals surface area contributed by atoms with Crippen molar-refractivity contribution in [2.45, 2.75) is 47.6 Å². The average molecular weight is 560 g/mol. The van der Waals surface area contributed by atoms with Crippen molar-refractivity contribution in [2.75, 3.05) is 58.5 Å². The van der Waals surface area contributed by atoms with Crippen LogP contribution in [0.5, 0.6) is 5.75 Å². The summed E-state index contributed by atoms with van der Waals surface area (Å²) in [5.74, 6) is 2.15. The Labute approximate surface area is 229 Å². The molecular weight excluding hydrogens is 522 g/mol. The topological polar surface area (TPSA) is 116 Å². The van der Waals surface area contributed by atoms with Gasteiger partial charge >= 0.3 is 0 Å². The van der Waals surface area contributed by atoms with Gasteiger partial charge in [0.15, 0.2) is 32.4 Å². The van der Waals surface area contributed by atoms with Gasteiger partial charge in [0.2, 0.25) is 0 Å². The van der Waals surface area contributed by atoms with E-state index in [4.69, 9.17) is 14.7 Å². The van der Waals surface area contributed by atoms with E-state index in [1.165, 1.54) is 11.8 Å². The normalized spacial score (nSPS) is 15.2. The molecule has 38 heavy (non-hydrogen) atoms. The maximum absolute atomic E-state index is 12.2. The van der Waals surface area contributed by atoms with E-state index in [9.17, 15) is 8.42 Å². The zero-order valence-corrected chi connectivity index (χ0v) is 24.3. The number of H-pyrrole nitrogens is 1. The maximum Gasteiger partial charge on any atom is 0.194 e. The first kappa shape index (κ1) is 28.3. The number of hydrogen-bond donors (Lipinski definition) is 2. The molecule has 0 amide bonds. The second-order valence-corrected chi connectivity index (χ2v) is 13.0. The number of hydrogen-bond acceptors (Lipinski definition) is 10. The highest BCUT2D eigenvalue weighted by atomic mass is 32.2. The average Bonchev–Trinajstić information content (AvgIpc) is 3.32. The van der Waals surface area contributed by atoms with E-state index in [0.717, 1.165) is 55.3 Å². The highest BCUT2D eigenvalue weighted by Crippen LogP contribution is 2.40. The lowest BCUT2D eigenvalue weighted by atomic mass is 9.92. The smallest absolute Gasteiger partial charge is 0.194 e. The monoisotopic (exact) mass is 559 g/mol. The minimum Gasteiger partial charge on any atom is -0.491 e. The van der Waals surface area contributed by atoms with Gasteiger partial charge in [0.25, 0.3) is 0 Å². The quantitative estimate of drug-likeness (QED) is 0.335. The van der Waals surface area contributed by atoms with Gasteiger partial charge in [-0.2, -0.15) is 5.10 Å². The molecule has 206 valence electrons. The van der Waals surface area contributed by atoms with Crippen molar-refractivity contribution in [1.29, 1.82) is 0 Å². The van der Waals surface area contributed by atoms with Gasteiger partial charge in [0, 0.05) is 35.7 Å². The molecule has 0 bridgehead atoms. The molecule has 0 spiro atoms. The third-order valence-electron chi connectivity index (χ3n) is 6.64. The highest BCUT2D eigenvalue weighted by Gasteiger charge is 2.28. The molecule has 2 N–H and O–H groups in total. The first-order valence-corrected chi connectivity index (χ1v) is 15.3. The number of likely N-dealkylation sites (N-methyl/N-ethyl adjacent to an activating group) is 1. The molecule has 0 unspecified atom stereocenters. The Morgan fingerprint density at radius 3 is 2.47 bits per heavy atom. The number of ether oxygens (including phenoxy) is 1. The Morgan fingerprint density at radius 2 is 1.89 bits per heavy atom. The number of methoxy groups -OCH3 is 1. The number of piperidine rings is 1. The number of aryl methyl sites for hydroxylation is 1. The van der Waals surface area contributed by atoms with Crippen LogP contribution in [0, 0.1) is 6.92 Å². The molecule has 1 aliphatic heterocycles. The largest absolute Gasteiger partial charge is 0.491 e. The molecule has 1 fully saturated rings. The van der Waals surface area contributed by atoms with Crippen LogP contribution >= 0.6 is 11.8 Å². The van der Waals surface area contributed by atoms with Gasteiger partial charge in [-0.1, -0.05) is 6.92 Å². The molecule has 3 heterocycles. The fourth-order valence-corrected chi connectivity index (χ4v) is 6.06. The van der Waals surface area contributed by atoms with E-state index in [2.05, 4.69) is 39.4 Å². The zero-order chi connectivity index (χ0) is 27.3. The summed E-state index contributed by atoms with van der Waals surface area (Å²) in [6, 6.07) is 8.79. The highest BCUT2D eigenvalue weighted by molar-refractivity contribution is 7.99. The van der Waals surface area contributed by atoms with Crippen molar-refractivity contribution in [1.82, 2.24) is 30.0 Å². The van der Waals surface area contributed by atoms with Crippen LogP contribution in [0.15, 0.2) is 45.3 Å². The summed E-state index contributed by atoms with van der Waals surface area (Å²) in [5, 5.41) is 11.1. The summed E-state index contributed by atoms with van der Waals surface area (Å²) < 4.78 is 30.3. The number of rotatable bonds is 11. The molecule has 2 aromatic heterocycles. The number of likely N-dealkylation sites (tertiary alicyclic amines) is 1. The third-order valence-corrected chi connectivity index (χ3v) is 9.26. The van der Waals surface area contributed by atoms with Crippen LogP contribution in [0.3, 0.4) is 0 Å². The number of benzene rings is 1. The predicted molar refractivity (Wildman–Crippen MR) is 150 cm³/mol. The van der Waals surface area contributed by atoms with Gasteiger partial charge in [0.05, 0.1) is 23.5 Å². The van der Waals surface area contributed by atoms with Crippen LogP contribution in [-0.4, -0.2) is 91.5 Å². The Balaban J connectivity index is 1.62. The van der Waals surface area contributed by atoms with Crippen LogP contribution in [0.1, 0.15) is 37.1 Å². The van der Waals surface area contributed by atoms with Gasteiger partial charge in [-0.05, 0) is 83.0 Å². The van der Waals surface area contributed by atoms with Crippen molar-refractivity contribution in [3.05, 3.63) is 41.7 Å². The number of nitrogens with one attached hydrogen (secondary N) is 2. The van der Waals surface area contributed by atoms with Crippen molar-refractivity contribution >= 4 is 33.2 Å². The van der Waals surface area contributed by atoms with Crippen molar-refractivity contribution in [2.24, 2.45) is 0 Å². The SMILES string of the molecule is CCS(=O)(=O)c1ccc(Sc2nc(Nc3cc(C)[nH]n3)c(OC)c(C3CCN(CCN(C)C)CC3)n2)cc1. The van der Waals surface area contributed by atoms with Crippen molar-refractivity contribution in [3.63, 3.8) is 0 Å². The number of anilines is 2. The predicted octanol–water partition coefficient (Wildman–Crippen LogP) is 3.95. The Morgan fingerprint density at radius 1 is 1.18 bits per heavy atom. The van der Waals surface area contributed by atoms with Crippen molar-refractivity contribution < 1.29 is 13.2 Å². The first-order valence-electron chi connectivity index (χ1n) is 12.8. The summed E-state index contributed by atoms with van der Waals surface area (Å²) in [6.07, 6.45) is 1.96. The van der Waals surface area contributed by atoms with Crippen LogP contribution in [0.25, 0.3) is 0 Å². The minimum atomic E-state index is -3.25. The molecule has 1 aliphatic rings. The van der Waals surface area contributed by atoms with Gasteiger partial charge in [-0.15, -0.1) is 0 Å². The molecule has 0 aliphatic carbocycles. The number of nitrogens with zero attached hydrogens (tertiary/aromatic N) is 5. The Hall–Kier alpha value is -2.67. The summed E-state index contributed by atoms with van der Waals surface area (Å²) in [5.41, 5.74) is 1.82. The summed E-state index contributed by atoms with van der Waals surface area (Å²) in [7, 11) is 2.59. The van der Waals surface area contributed by atoms with Crippen LogP contribution in [0.4, 0.5) is 11.6 Å². The van der Waals surface area contributed by atoms with Gasteiger partial charge in [-0.3, -0.25) is 5.10 Å². The molecule has 0 atom stereocenters. The minimum absolute atomic E-state index is 0.0695. The van der Waals surface area contributed by atoms with E-state index in [1.54, 1.807) is 38.3 Å². The van der Waals surface area contributed by atoms with E-state index < -0.39 is 9.84 Å². The first-order chi connectivity index (χ1) is 18.2. The molecular formula is C26H37N7O3S2. The fraction of sp³-hybridized carbons (Fsp3) is 0.500. The van der Waals surface area contributed by atoms with Crippen molar-refractivity contribution in [3.8, 4) is 5.75 Å². The summed E-state index contributed by atoms with van der Waals surface area (Å²) >= 11 is 1.40.